The Kier molecular flexibility index (Phi) is 7.08. The molecule has 33 heavy (non-hydrogen) atoms. The maximum absolute atomic E-state index is 13.1. The Balaban J connectivity index is 1.88. The molecule has 170 valence electrons. The summed E-state index contributed by atoms with van der Waals surface area (Å²) in [6, 6.07) is 11.3. The monoisotopic (exact) mass is 448 g/mol. The number of esters is 2. The lowest BCUT2D eigenvalue weighted by Gasteiger charge is -2.23. The number of nitrogens with two attached hydrogens (primary N) is 1. The van der Waals surface area contributed by atoms with Gasteiger partial charge in [0.15, 0.2) is 5.69 Å². The van der Waals surface area contributed by atoms with Crippen molar-refractivity contribution in [1.29, 1.82) is 0 Å². The van der Waals surface area contributed by atoms with Gasteiger partial charge in [0.05, 0.1) is 19.2 Å². The van der Waals surface area contributed by atoms with Crippen LogP contribution in [0.25, 0.3) is 15.6 Å². The number of carbonyl (C=O) groups is 2. The second kappa shape index (κ2) is 9.96. The van der Waals surface area contributed by atoms with Crippen molar-refractivity contribution < 1.29 is 23.8 Å². The zero-order valence-electron chi connectivity index (χ0n) is 18.7. The lowest BCUT2D eigenvalue weighted by molar-refractivity contribution is -0.167. The van der Waals surface area contributed by atoms with Crippen molar-refractivity contribution in [2.45, 2.75) is 38.9 Å². The molecule has 0 aliphatic carbocycles. The van der Waals surface area contributed by atoms with E-state index in [0.717, 1.165) is 22.1 Å². The van der Waals surface area contributed by atoms with Gasteiger partial charge in [-0.25, -0.2) is 4.98 Å². The van der Waals surface area contributed by atoms with E-state index in [1.165, 1.54) is 13.1 Å². The fourth-order valence-corrected chi connectivity index (χ4v) is 3.34. The molecule has 0 fully saturated rings. The minimum Gasteiger partial charge on any atom is -0.497 e. The summed E-state index contributed by atoms with van der Waals surface area (Å²) in [6.45, 7) is 11.7. The van der Waals surface area contributed by atoms with Crippen molar-refractivity contribution in [3.8, 4) is 5.75 Å². The van der Waals surface area contributed by atoms with E-state index in [-0.39, 0.29) is 17.3 Å². The Bertz CT molecular complexity index is 1240. The summed E-state index contributed by atoms with van der Waals surface area (Å²) in [6.07, 6.45) is -0.628. The zero-order chi connectivity index (χ0) is 24.1. The summed E-state index contributed by atoms with van der Waals surface area (Å²) < 4.78 is 16.2. The van der Waals surface area contributed by atoms with E-state index in [1.54, 1.807) is 21.0 Å². The van der Waals surface area contributed by atoms with E-state index in [9.17, 15) is 9.59 Å². The van der Waals surface area contributed by atoms with Gasteiger partial charge in [0.2, 0.25) is 6.10 Å². The molecule has 0 spiro atoms. The number of methoxy groups -OCH3 is 1. The normalized spacial score (nSPS) is 13.4. The molecule has 3 rings (SSSR count). The number of hydrogen-bond acceptors (Lipinski definition) is 8. The number of nitrogen functional groups attached to an aromatic ring is 1. The largest absolute Gasteiger partial charge is 0.497 e. The summed E-state index contributed by atoms with van der Waals surface area (Å²) in [5, 5.41) is 1.92. The van der Waals surface area contributed by atoms with Crippen molar-refractivity contribution in [3.63, 3.8) is 0 Å². The predicted molar refractivity (Wildman–Crippen MR) is 122 cm³/mol. The van der Waals surface area contributed by atoms with Crippen LogP contribution in [0.2, 0.25) is 0 Å². The van der Waals surface area contributed by atoms with Crippen molar-refractivity contribution >= 4 is 34.3 Å². The van der Waals surface area contributed by atoms with Gasteiger partial charge in [-0.2, -0.15) is 0 Å². The van der Waals surface area contributed by atoms with Crippen LogP contribution in [0.3, 0.4) is 0 Å². The van der Waals surface area contributed by atoms with Crippen LogP contribution in [0.1, 0.15) is 44.1 Å². The van der Waals surface area contributed by atoms with Crippen LogP contribution >= 0.6 is 0 Å². The Morgan fingerprint density at radius 3 is 2.45 bits per heavy atom. The molecule has 0 unspecified atom stereocenters. The van der Waals surface area contributed by atoms with Gasteiger partial charge >= 0.3 is 17.8 Å². The van der Waals surface area contributed by atoms with Crippen LogP contribution < -0.4 is 10.5 Å². The average Bonchev–Trinajstić information content (AvgIpc) is 2.81. The highest BCUT2D eigenvalue weighted by Gasteiger charge is 2.32. The van der Waals surface area contributed by atoms with Gasteiger partial charge in [-0.05, 0) is 42.3 Å². The number of rotatable bonds is 7. The molecule has 0 radical (unpaired) electrons. The predicted octanol–water partition coefficient (Wildman–Crippen LogP) is 4.11. The third-order valence-electron chi connectivity index (χ3n) is 5.14. The third-order valence-corrected chi connectivity index (χ3v) is 5.14. The Morgan fingerprint density at radius 1 is 1.09 bits per heavy atom. The van der Waals surface area contributed by atoms with E-state index >= 15 is 0 Å². The summed E-state index contributed by atoms with van der Waals surface area (Å²) >= 11 is 0. The van der Waals surface area contributed by atoms with Crippen LogP contribution in [-0.4, -0.2) is 35.1 Å². The average molecular weight is 448 g/mol. The molecular formula is C24H24N4O5. The summed E-state index contributed by atoms with van der Waals surface area (Å²) in [5.41, 5.74) is 6.57. The van der Waals surface area contributed by atoms with Crippen LogP contribution in [0, 0.1) is 6.57 Å². The molecule has 9 nitrogen and oxygen atoms in total. The van der Waals surface area contributed by atoms with E-state index in [2.05, 4.69) is 14.8 Å². The van der Waals surface area contributed by atoms with E-state index < -0.39 is 30.1 Å². The maximum atomic E-state index is 13.1. The standard InChI is InChI=1S/C24H24N4O5/c1-13(16-6-7-18-11-19(31-5)9-8-17(18)10-16)24(30)33-21(14(2)32-15(3)29)20-12-27-22(25)23(26-4)28-20/h6-14,21H,1-3,5H3,(H2,25,27)/t13-,14-,21+/m0/s1. The number of aromatic nitrogens is 2. The molecule has 1 heterocycles. The molecule has 0 saturated heterocycles. The van der Waals surface area contributed by atoms with Crippen LogP contribution in [0.15, 0.2) is 42.6 Å². The minimum atomic E-state index is -1.07. The van der Waals surface area contributed by atoms with Crippen LogP contribution in [0.5, 0.6) is 5.75 Å². The lowest BCUT2D eigenvalue weighted by atomic mass is 9.97. The van der Waals surface area contributed by atoms with Gasteiger partial charge in [0.25, 0.3) is 0 Å². The zero-order valence-corrected chi connectivity index (χ0v) is 18.7. The molecule has 0 aliphatic rings. The molecule has 0 aliphatic heterocycles. The first-order valence-corrected chi connectivity index (χ1v) is 10.2. The Hall–Kier alpha value is -4.19. The van der Waals surface area contributed by atoms with Crippen molar-refractivity contribution in [1.82, 2.24) is 9.97 Å². The number of hydrogen-bond donors (Lipinski definition) is 1. The number of anilines is 1. The molecule has 2 aromatic carbocycles. The van der Waals surface area contributed by atoms with Crippen molar-refractivity contribution in [2.75, 3.05) is 12.8 Å². The third kappa shape index (κ3) is 5.36. The first-order valence-electron chi connectivity index (χ1n) is 10.2. The Morgan fingerprint density at radius 2 is 1.79 bits per heavy atom. The van der Waals surface area contributed by atoms with Gasteiger partial charge in [-0.1, -0.05) is 30.8 Å². The quantitative estimate of drug-likeness (QED) is 0.424. The Labute approximate surface area is 191 Å². The molecule has 9 heteroatoms. The summed E-state index contributed by atoms with van der Waals surface area (Å²) in [4.78, 5) is 35.9. The summed E-state index contributed by atoms with van der Waals surface area (Å²) in [7, 11) is 1.60. The number of carbonyl (C=O) groups excluding carboxylic acids is 2. The molecule has 2 N–H and O–H groups in total. The van der Waals surface area contributed by atoms with Crippen molar-refractivity contribution in [2.24, 2.45) is 0 Å². The van der Waals surface area contributed by atoms with E-state index in [1.807, 2.05) is 36.4 Å². The molecule has 0 bridgehead atoms. The van der Waals surface area contributed by atoms with Crippen molar-refractivity contribution in [3.05, 3.63) is 65.3 Å². The van der Waals surface area contributed by atoms with Gasteiger partial charge in [-0.15, -0.1) is 4.98 Å². The summed E-state index contributed by atoms with van der Waals surface area (Å²) in [5.74, 6) is -1.13. The number of fused-ring (bicyclic) bond motifs is 1. The van der Waals surface area contributed by atoms with Gasteiger partial charge in [0.1, 0.15) is 17.7 Å². The molecule has 1 aromatic heterocycles. The fourth-order valence-electron chi connectivity index (χ4n) is 3.34. The van der Waals surface area contributed by atoms with Crippen LogP contribution in [0.4, 0.5) is 11.6 Å². The molecule has 3 aromatic rings. The molecule has 0 saturated carbocycles. The molecule has 3 atom stereocenters. The van der Waals surface area contributed by atoms with E-state index in [0.29, 0.717) is 0 Å². The topological polar surface area (TPSA) is 118 Å². The minimum absolute atomic E-state index is 0.0415. The number of ether oxygens (including phenoxy) is 3. The highest BCUT2D eigenvalue weighted by Crippen LogP contribution is 2.30. The smallest absolute Gasteiger partial charge is 0.314 e. The second-order valence-electron chi connectivity index (χ2n) is 7.48. The lowest BCUT2D eigenvalue weighted by Crippen LogP contribution is -2.28. The first kappa shape index (κ1) is 23.5. The van der Waals surface area contributed by atoms with Gasteiger partial charge < -0.3 is 24.8 Å². The molecular weight excluding hydrogens is 424 g/mol. The SMILES string of the molecule is [C-]#[N+]c1nc([C@H](OC(=O)[C@@H](C)c2ccc3cc(OC)ccc3c2)[C@H](C)OC(C)=O)cnc1N. The van der Waals surface area contributed by atoms with Gasteiger partial charge in [-0.3, -0.25) is 9.59 Å². The highest BCUT2D eigenvalue weighted by atomic mass is 16.6. The van der Waals surface area contributed by atoms with Crippen LogP contribution in [-0.2, 0) is 19.1 Å². The number of benzene rings is 2. The first-order chi connectivity index (χ1) is 15.7. The second-order valence-corrected chi connectivity index (χ2v) is 7.48. The maximum Gasteiger partial charge on any atom is 0.314 e. The molecule has 0 amide bonds. The van der Waals surface area contributed by atoms with Gasteiger partial charge in [0, 0.05) is 6.92 Å². The number of nitrogens with zero attached hydrogens (tertiary/aromatic N) is 3. The van der Waals surface area contributed by atoms with E-state index in [4.69, 9.17) is 26.5 Å². The highest BCUT2D eigenvalue weighted by molar-refractivity contribution is 5.87. The fraction of sp³-hybridized carbons (Fsp3) is 0.292.